The number of amides is 2. The number of rotatable bonds is 6. The first-order chi connectivity index (χ1) is 13.0. The third-order valence-electron chi connectivity index (χ3n) is 3.62. The highest BCUT2D eigenvalue weighted by molar-refractivity contribution is 5.89. The van der Waals surface area contributed by atoms with Crippen molar-refractivity contribution in [1.29, 1.82) is 0 Å². The molecule has 0 aliphatic carbocycles. The predicted octanol–water partition coefficient (Wildman–Crippen LogP) is 2.48. The summed E-state index contributed by atoms with van der Waals surface area (Å²) in [6, 6.07) is 4.08. The lowest BCUT2D eigenvalue weighted by molar-refractivity contribution is 0.252. The molecule has 3 aromatic rings. The van der Waals surface area contributed by atoms with Gasteiger partial charge in [0, 0.05) is 37.6 Å². The van der Waals surface area contributed by atoms with Crippen LogP contribution in [-0.4, -0.2) is 38.6 Å². The fraction of sp³-hybridized carbons (Fsp3) is 0.176. The number of anilines is 2. The normalized spacial score (nSPS) is 10.5. The molecular weight excluding hydrogens is 356 g/mol. The predicted molar refractivity (Wildman–Crippen MR) is 95.8 cm³/mol. The monoisotopic (exact) mass is 373 g/mol. The minimum Gasteiger partial charge on any atom is -0.368 e. The fourth-order valence-corrected chi connectivity index (χ4v) is 2.32. The second-order valence-electron chi connectivity index (χ2n) is 5.54. The summed E-state index contributed by atoms with van der Waals surface area (Å²) in [4.78, 5) is 24.2. The van der Waals surface area contributed by atoms with Crippen LogP contribution in [0.5, 0.6) is 0 Å². The minimum atomic E-state index is -0.841. The number of carbonyl (C=O) groups is 1. The number of urea groups is 1. The molecule has 2 amide bonds. The van der Waals surface area contributed by atoms with Crippen molar-refractivity contribution in [3.05, 3.63) is 60.4 Å². The van der Waals surface area contributed by atoms with E-state index in [1.165, 1.54) is 6.33 Å². The molecule has 0 aliphatic rings. The molecule has 27 heavy (non-hydrogen) atoms. The molecule has 140 valence electrons. The summed E-state index contributed by atoms with van der Waals surface area (Å²) in [7, 11) is 0. The molecule has 0 aliphatic heterocycles. The van der Waals surface area contributed by atoms with Crippen molar-refractivity contribution in [2.24, 2.45) is 0 Å². The summed E-state index contributed by atoms with van der Waals surface area (Å²) in [5.41, 5.74) is -0.0991. The van der Waals surface area contributed by atoms with Crippen LogP contribution in [0, 0.1) is 18.6 Å². The Bertz CT molecular complexity index is 945. The molecule has 0 spiro atoms. The molecule has 0 saturated carbocycles. The maximum atomic E-state index is 13.5. The topological polar surface area (TPSA) is 96.8 Å². The van der Waals surface area contributed by atoms with Gasteiger partial charge in [-0.25, -0.2) is 28.5 Å². The van der Waals surface area contributed by atoms with Gasteiger partial charge in [-0.05, 0) is 19.1 Å². The van der Waals surface area contributed by atoms with Gasteiger partial charge in [-0.15, -0.1) is 0 Å². The molecule has 0 atom stereocenters. The number of nitrogens with one attached hydrogen (secondary N) is 3. The van der Waals surface area contributed by atoms with Crippen LogP contribution in [0.4, 0.5) is 25.1 Å². The minimum absolute atomic E-state index is 0.0991. The van der Waals surface area contributed by atoms with Crippen molar-refractivity contribution in [2.45, 2.75) is 6.92 Å². The van der Waals surface area contributed by atoms with E-state index in [-0.39, 0.29) is 12.2 Å². The van der Waals surface area contributed by atoms with E-state index in [1.54, 1.807) is 18.5 Å². The fourth-order valence-electron chi connectivity index (χ4n) is 2.32. The van der Waals surface area contributed by atoms with Crippen molar-refractivity contribution in [1.82, 2.24) is 24.8 Å². The maximum Gasteiger partial charge on any atom is 0.319 e. The molecule has 0 bridgehead atoms. The van der Waals surface area contributed by atoms with Crippen LogP contribution in [0.25, 0.3) is 5.82 Å². The van der Waals surface area contributed by atoms with Crippen molar-refractivity contribution in [3.8, 4) is 5.82 Å². The summed E-state index contributed by atoms with van der Waals surface area (Å²) in [5.74, 6) is 0.496. The lowest BCUT2D eigenvalue weighted by atomic mass is 10.3. The number of aryl methyl sites for hydroxylation is 1. The van der Waals surface area contributed by atoms with Crippen LogP contribution in [0.1, 0.15) is 5.82 Å². The second kappa shape index (κ2) is 8.21. The summed E-state index contributed by atoms with van der Waals surface area (Å²) in [6.45, 7) is 2.51. The van der Waals surface area contributed by atoms with E-state index in [9.17, 15) is 13.6 Å². The lowest BCUT2D eigenvalue weighted by Crippen LogP contribution is -2.33. The number of hydrogen-bond donors (Lipinski definition) is 3. The molecule has 2 aromatic heterocycles. The Balaban J connectivity index is 1.47. The standard InChI is InChI=1S/C17H17F2N7O/c1-11-20-6-7-26(11)16-9-15(23-10-24-16)21-4-5-22-17(27)25-14-3-2-12(18)8-13(14)19/h2-3,6-10H,4-5H2,1H3,(H,21,23,24)(H2,22,25,27). The van der Waals surface area contributed by atoms with Crippen molar-refractivity contribution in [3.63, 3.8) is 0 Å². The molecule has 2 heterocycles. The number of benzene rings is 1. The SMILES string of the molecule is Cc1nccn1-c1cc(NCCNC(=O)Nc2ccc(F)cc2F)ncn1. The third kappa shape index (κ3) is 4.75. The van der Waals surface area contributed by atoms with E-state index in [0.717, 1.165) is 18.0 Å². The molecule has 8 nitrogen and oxygen atoms in total. The van der Waals surface area contributed by atoms with E-state index < -0.39 is 17.7 Å². The summed E-state index contributed by atoms with van der Waals surface area (Å²) < 4.78 is 28.1. The molecule has 0 unspecified atom stereocenters. The first kappa shape index (κ1) is 18.2. The lowest BCUT2D eigenvalue weighted by Gasteiger charge is -2.10. The highest BCUT2D eigenvalue weighted by Gasteiger charge is 2.08. The molecule has 0 radical (unpaired) electrons. The molecule has 0 fully saturated rings. The summed E-state index contributed by atoms with van der Waals surface area (Å²) in [6.07, 6.45) is 4.90. The summed E-state index contributed by atoms with van der Waals surface area (Å²) >= 11 is 0. The number of halogens is 2. The first-order valence-electron chi connectivity index (χ1n) is 8.09. The van der Waals surface area contributed by atoms with Gasteiger partial charge in [0.1, 0.15) is 35.4 Å². The zero-order valence-corrected chi connectivity index (χ0v) is 14.4. The van der Waals surface area contributed by atoms with Crippen LogP contribution < -0.4 is 16.0 Å². The number of carbonyl (C=O) groups excluding carboxylic acids is 1. The zero-order chi connectivity index (χ0) is 19.2. The van der Waals surface area contributed by atoms with Gasteiger partial charge in [-0.3, -0.25) is 4.57 Å². The summed E-state index contributed by atoms with van der Waals surface area (Å²) in [5, 5.41) is 7.93. The smallest absolute Gasteiger partial charge is 0.319 e. The van der Waals surface area contributed by atoms with Crippen molar-refractivity contribution in [2.75, 3.05) is 23.7 Å². The van der Waals surface area contributed by atoms with Gasteiger partial charge in [-0.1, -0.05) is 0 Å². The van der Waals surface area contributed by atoms with Crippen molar-refractivity contribution >= 4 is 17.5 Å². The van der Waals surface area contributed by atoms with E-state index >= 15 is 0 Å². The highest BCUT2D eigenvalue weighted by Crippen LogP contribution is 2.14. The molecule has 0 saturated heterocycles. The molecule has 10 heteroatoms. The molecule has 1 aromatic carbocycles. The van der Waals surface area contributed by atoms with E-state index in [1.807, 2.05) is 11.5 Å². The Hall–Kier alpha value is -3.56. The Labute approximate surface area is 153 Å². The second-order valence-corrected chi connectivity index (χ2v) is 5.54. The van der Waals surface area contributed by atoms with Gasteiger partial charge in [0.2, 0.25) is 0 Å². The molecular formula is C17H17F2N7O. The van der Waals surface area contributed by atoms with Crippen LogP contribution in [0.2, 0.25) is 0 Å². The van der Waals surface area contributed by atoms with Crippen LogP contribution in [0.3, 0.4) is 0 Å². The average Bonchev–Trinajstić information content (AvgIpc) is 3.07. The van der Waals surface area contributed by atoms with Crippen LogP contribution >= 0.6 is 0 Å². The maximum absolute atomic E-state index is 13.5. The first-order valence-corrected chi connectivity index (χ1v) is 8.09. The Kier molecular flexibility index (Phi) is 5.55. The number of aromatic nitrogens is 4. The average molecular weight is 373 g/mol. The van der Waals surface area contributed by atoms with Crippen molar-refractivity contribution < 1.29 is 13.6 Å². The van der Waals surface area contributed by atoms with Crippen LogP contribution in [0.15, 0.2) is 43.0 Å². The van der Waals surface area contributed by atoms with Gasteiger partial charge in [0.05, 0.1) is 5.69 Å². The molecule has 3 N–H and O–H groups in total. The Morgan fingerprint density at radius 2 is 2.00 bits per heavy atom. The zero-order valence-electron chi connectivity index (χ0n) is 14.4. The highest BCUT2D eigenvalue weighted by atomic mass is 19.1. The Morgan fingerprint density at radius 1 is 1.15 bits per heavy atom. The van der Waals surface area contributed by atoms with Gasteiger partial charge < -0.3 is 16.0 Å². The number of nitrogens with zero attached hydrogens (tertiary/aromatic N) is 4. The van der Waals surface area contributed by atoms with Gasteiger partial charge in [-0.2, -0.15) is 0 Å². The van der Waals surface area contributed by atoms with E-state index in [4.69, 9.17) is 0 Å². The van der Waals surface area contributed by atoms with E-state index in [0.29, 0.717) is 24.2 Å². The van der Waals surface area contributed by atoms with Gasteiger partial charge in [0.15, 0.2) is 0 Å². The van der Waals surface area contributed by atoms with Crippen LogP contribution in [-0.2, 0) is 0 Å². The van der Waals surface area contributed by atoms with Gasteiger partial charge >= 0.3 is 6.03 Å². The van der Waals surface area contributed by atoms with E-state index in [2.05, 4.69) is 30.9 Å². The number of hydrogen-bond acceptors (Lipinski definition) is 5. The Morgan fingerprint density at radius 3 is 2.74 bits per heavy atom. The quantitative estimate of drug-likeness (QED) is 0.577. The number of imidazole rings is 1. The molecule has 3 rings (SSSR count). The third-order valence-corrected chi connectivity index (χ3v) is 3.62. The largest absolute Gasteiger partial charge is 0.368 e. The van der Waals surface area contributed by atoms with Gasteiger partial charge in [0.25, 0.3) is 0 Å².